The van der Waals surface area contributed by atoms with Crippen LogP contribution in [0.15, 0.2) is 66.0 Å². The van der Waals surface area contributed by atoms with Crippen LogP contribution in [0, 0.1) is 0 Å². The molecule has 0 fully saturated rings. The minimum atomic E-state index is -1.30. The Hall–Kier alpha value is -2.54. The van der Waals surface area contributed by atoms with Crippen molar-refractivity contribution >= 4 is 34.0 Å². The molecule has 5 nitrogen and oxygen atoms in total. The van der Waals surface area contributed by atoms with Crippen LogP contribution in [0.4, 0.5) is 0 Å². The second-order valence-electron chi connectivity index (χ2n) is 5.95. The first-order chi connectivity index (χ1) is 13.5. The predicted octanol–water partition coefficient (Wildman–Crippen LogP) is 5.24. The van der Waals surface area contributed by atoms with E-state index in [4.69, 9.17) is 28.2 Å². The van der Waals surface area contributed by atoms with E-state index in [2.05, 4.69) is 15.0 Å². The average Bonchev–Trinajstić information content (AvgIpc) is 3.13. The molecule has 0 aliphatic heterocycles. The highest BCUT2D eigenvalue weighted by Crippen LogP contribution is 2.37. The Morgan fingerprint density at radius 3 is 2.32 bits per heavy atom. The molecule has 4 aromatic rings. The average molecular weight is 429 g/mol. The van der Waals surface area contributed by atoms with Gasteiger partial charge in [0.2, 0.25) is 5.16 Å². The molecule has 2 aromatic carbocycles. The van der Waals surface area contributed by atoms with Crippen molar-refractivity contribution in [2.45, 2.75) is 5.16 Å². The first-order valence-corrected chi connectivity index (χ1v) is 10.6. The van der Waals surface area contributed by atoms with Gasteiger partial charge in [0.15, 0.2) is 0 Å². The zero-order chi connectivity index (χ0) is 19.7. The summed E-state index contributed by atoms with van der Waals surface area (Å²) in [7, 11) is -1.30. The second-order valence-corrected chi connectivity index (χ2v) is 8.04. The zero-order valence-corrected chi connectivity index (χ0v) is 17.0. The van der Waals surface area contributed by atoms with Crippen molar-refractivity contribution in [2.24, 2.45) is 0 Å². The third kappa shape index (κ3) is 3.58. The third-order valence-electron chi connectivity index (χ3n) is 4.10. The van der Waals surface area contributed by atoms with Crippen LogP contribution in [0.1, 0.15) is 0 Å². The van der Waals surface area contributed by atoms with E-state index in [0.29, 0.717) is 38.5 Å². The number of imidazole rings is 1. The molecule has 28 heavy (non-hydrogen) atoms. The Labute approximate surface area is 174 Å². The Bertz CT molecular complexity index is 1160. The van der Waals surface area contributed by atoms with E-state index in [9.17, 15) is 4.21 Å². The number of nitrogens with one attached hydrogen (secondary N) is 1. The number of H-pyrrole nitrogens is 1. The fourth-order valence-corrected chi connectivity index (χ4v) is 3.84. The van der Waals surface area contributed by atoms with Crippen LogP contribution < -0.4 is 0 Å². The van der Waals surface area contributed by atoms with Gasteiger partial charge in [0.1, 0.15) is 5.82 Å². The first-order valence-electron chi connectivity index (χ1n) is 8.31. The van der Waals surface area contributed by atoms with Gasteiger partial charge in [-0.2, -0.15) is 0 Å². The zero-order valence-electron chi connectivity index (χ0n) is 14.7. The molecule has 0 aliphatic carbocycles. The van der Waals surface area contributed by atoms with Gasteiger partial charge in [0.25, 0.3) is 0 Å². The van der Waals surface area contributed by atoms with Gasteiger partial charge in [-0.3, -0.25) is 4.21 Å². The lowest BCUT2D eigenvalue weighted by atomic mass is 10.1. The van der Waals surface area contributed by atoms with Crippen molar-refractivity contribution in [3.05, 3.63) is 70.8 Å². The van der Waals surface area contributed by atoms with Crippen molar-refractivity contribution in [3.63, 3.8) is 0 Å². The van der Waals surface area contributed by atoms with Gasteiger partial charge in [0, 0.05) is 18.0 Å². The number of nitrogens with zero attached hydrogens (tertiary/aromatic N) is 3. The SMILES string of the molecule is CS(=O)c1nccc(-c2[nH]c(-c3c(Cl)cccc3Cl)nc2-c2ccccc2)n1. The summed E-state index contributed by atoms with van der Waals surface area (Å²) in [5.41, 5.74) is 3.47. The van der Waals surface area contributed by atoms with Gasteiger partial charge in [0.05, 0.1) is 43.5 Å². The molecule has 8 heteroatoms. The molecule has 1 atom stereocenters. The number of hydrogen-bond acceptors (Lipinski definition) is 4. The highest BCUT2D eigenvalue weighted by Gasteiger charge is 2.20. The van der Waals surface area contributed by atoms with E-state index in [0.717, 1.165) is 5.56 Å². The van der Waals surface area contributed by atoms with E-state index < -0.39 is 10.8 Å². The molecular weight excluding hydrogens is 415 g/mol. The third-order valence-corrected chi connectivity index (χ3v) is 5.44. The Morgan fingerprint density at radius 2 is 1.64 bits per heavy atom. The minimum absolute atomic E-state index is 0.253. The maximum atomic E-state index is 11.8. The topological polar surface area (TPSA) is 71.5 Å². The van der Waals surface area contributed by atoms with Crippen LogP contribution >= 0.6 is 23.2 Å². The van der Waals surface area contributed by atoms with Gasteiger partial charge in [-0.15, -0.1) is 0 Å². The standard InChI is InChI=1S/C20H14Cl2N4OS/c1-28(27)20-23-11-10-15(24-20)18-17(12-6-3-2-4-7-12)25-19(26-18)16-13(21)8-5-9-14(16)22/h2-11H,1H3,(H,25,26). The van der Waals surface area contributed by atoms with Crippen LogP contribution in [-0.4, -0.2) is 30.4 Å². The molecule has 0 bridgehead atoms. The van der Waals surface area contributed by atoms with Gasteiger partial charge >= 0.3 is 0 Å². The molecule has 0 saturated carbocycles. The largest absolute Gasteiger partial charge is 0.336 e. The summed E-state index contributed by atoms with van der Waals surface area (Å²) in [6, 6.07) is 16.8. The number of hydrogen-bond donors (Lipinski definition) is 1. The van der Waals surface area contributed by atoms with Crippen LogP contribution in [0.3, 0.4) is 0 Å². The molecule has 2 heterocycles. The van der Waals surface area contributed by atoms with E-state index in [-0.39, 0.29) is 5.16 Å². The number of benzene rings is 2. The Kier molecular flexibility index (Phi) is 5.26. The van der Waals surface area contributed by atoms with Crippen LogP contribution in [0.25, 0.3) is 34.0 Å². The summed E-state index contributed by atoms with van der Waals surface area (Å²) in [6.45, 7) is 0. The smallest absolute Gasteiger partial charge is 0.218 e. The quantitative estimate of drug-likeness (QED) is 0.450. The molecule has 2 aromatic heterocycles. The summed E-state index contributed by atoms with van der Waals surface area (Å²) in [5.74, 6) is 0.530. The Morgan fingerprint density at radius 1 is 0.929 bits per heavy atom. The van der Waals surface area contributed by atoms with Gasteiger partial charge in [-0.25, -0.2) is 15.0 Å². The summed E-state index contributed by atoms with van der Waals surface area (Å²) in [4.78, 5) is 16.6. The van der Waals surface area contributed by atoms with E-state index in [1.54, 1.807) is 36.7 Å². The number of rotatable bonds is 4. The molecule has 0 radical (unpaired) electrons. The normalized spacial score (nSPS) is 12.1. The molecule has 0 spiro atoms. The Balaban J connectivity index is 1.96. The lowest BCUT2D eigenvalue weighted by molar-refractivity contribution is 0.680. The first kappa shape index (κ1) is 18.8. The minimum Gasteiger partial charge on any atom is -0.336 e. The fraction of sp³-hybridized carbons (Fsp3) is 0.0500. The lowest BCUT2D eigenvalue weighted by Gasteiger charge is -2.04. The molecule has 1 unspecified atom stereocenters. The van der Waals surface area contributed by atoms with E-state index >= 15 is 0 Å². The van der Waals surface area contributed by atoms with Crippen molar-refractivity contribution < 1.29 is 4.21 Å². The number of aromatic nitrogens is 4. The molecule has 4 rings (SSSR count). The van der Waals surface area contributed by atoms with Crippen LogP contribution in [0.2, 0.25) is 10.0 Å². The van der Waals surface area contributed by atoms with Crippen molar-refractivity contribution in [3.8, 4) is 34.0 Å². The van der Waals surface area contributed by atoms with Crippen molar-refractivity contribution in [1.82, 2.24) is 19.9 Å². The van der Waals surface area contributed by atoms with Crippen molar-refractivity contribution in [1.29, 1.82) is 0 Å². The van der Waals surface area contributed by atoms with Crippen molar-refractivity contribution in [2.75, 3.05) is 6.26 Å². The second kappa shape index (κ2) is 7.83. The van der Waals surface area contributed by atoms with E-state index in [1.807, 2.05) is 30.3 Å². The molecule has 0 saturated heterocycles. The molecule has 0 aliphatic rings. The maximum absolute atomic E-state index is 11.8. The lowest BCUT2D eigenvalue weighted by Crippen LogP contribution is -1.98. The highest BCUT2D eigenvalue weighted by atomic mass is 35.5. The number of halogens is 2. The summed E-state index contributed by atoms with van der Waals surface area (Å²) >= 11 is 12.7. The number of aromatic amines is 1. The van der Waals surface area contributed by atoms with Crippen LogP contribution in [-0.2, 0) is 10.8 Å². The molecule has 1 N–H and O–H groups in total. The summed E-state index contributed by atoms with van der Waals surface area (Å²) in [6.07, 6.45) is 3.12. The monoisotopic (exact) mass is 428 g/mol. The van der Waals surface area contributed by atoms with Gasteiger partial charge in [-0.1, -0.05) is 59.6 Å². The summed E-state index contributed by atoms with van der Waals surface area (Å²) in [5, 5.41) is 1.24. The van der Waals surface area contributed by atoms with Crippen LogP contribution in [0.5, 0.6) is 0 Å². The molecule has 140 valence electrons. The molecular formula is C20H14Cl2N4OS. The highest BCUT2D eigenvalue weighted by molar-refractivity contribution is 7.84. The molecule has 0 amide bonds. The summed E-state index contributed by atoms with van der Waals surface area (Å²) < 4.78 is 11.8. The maximum Gasteiger partial charge on any atom is 0.218 e. The fourth-order valence-electron chi connectivity index (χ4n) is 2.82. The van der Waals surface area contributed by atoms with E-state index in [1.165, 1.54) is 0 Å². The van der Waals surface area contributed by atoms with Gasteiger partial charge < -0.3 is 4.98 Å². The van der Waals surface area contributed by atoms with Gasteiger partial charge in [-0.05, 0) is 18.2 Å². The predicted molar refractivity (Wildman–Crippen MR) is 113 cm³/mol.